The number of carbonyl (C=O) groups is 3. The molecule has 3 N–H and O–H groups in total. The van der Waals surface area contributed by atoms with E-state index in [0.717, 1.165) is 11.1 Å². The predicted molar refractivity (Wildman–Crippen MR) is 159 cm³/mol. The van der Waals surface area contributed by atoms with Crippen LogP contribution in [0.5, 0.6) is 0 Å². The molecule has 46 heavy (non-hydrogen) atoms. The maximum Gasteiger partial charge on any atom is 0.471 e. The van der Waals surface area contributed by atoms with E-state index in [4.69, 9.17) is 9.47 Å². The van der Waals surface area contributed by atoms with Gasteiger partial charge in [-0.3, -0.25) is 9.59 Å². The Balaban J connectivity index is 1.26. The van der Waals surface area contributed by atoms with E-state index in [9.17, 15) is 37.8 Å². The number of amides is 2. The van der Waals surface area contributed by atoms with Crippen molar-refractivity contribution in [2.24, 2.45) is 0 Å². The van der Waals surface area contributed by atoms with Gasteiger partial charge in [-0.25, -0.2) is 9.78 Å². The van der Waals surface area contributed by atoms with Crippen molar-refractivity contribution in [3.63, 3.8) is 0 Å². The Hall–Kier alpha value is -3.98. The molecule has 2 aromatic carbocycles. The first-order valence-electron chi connectivity index (χ1n) is 14.6. The number of alkyl halides is 3. The van der Waals surface area contributed by atoms with Crippen molar-refractivity contribution in [2.45, 2.75) is 68.2 Å². The Bertz CT molecular complexity index is 1540. The van der Waals surface area contributed by atoms with E-state index >= 15 is 0 Å². The van der Waals surface area contributed by atoms with Crippen LogP contribution < -0.4 is 5.32 Å². The lowest BCUT2D eigenvalue weighted by atomic mass is 10.0. The third-order valence-corrected chi connectivity index (χ3v) is 8.94. The van der Waals surface area contributed by atoms with Crippen molar-refractivity contribution >= 4 is 29.5 Å². The minimum atomic E-state index is -5.04. The second kappa shape index (κ2) is 14.6. The number of ether oxygens (including phenoxy) is 2. The number of aromatic carboxylic acids is 1. The molecule has 2 fully saturated rings. The number of carboxylic acid groups (broad SMARTS) is 1. The third kappa shape index (κ3) is 8.05. The van der Waals surface area contributed by atoms with Gasteiger partial charge in [0.05, 0.1) is 24.4 Å². The molecule has 0 aliphatic carbocycles. The average Bonchev–Trinajstić information content (AvgIpc) is 3.56. The van der Waals surface area contributed by atoms with Crippen LogP contribution in [0.2, 0.25) is 0 Å². The molecule has 5 rings (SSSR count). The highest BCUT2D eigenvalue weighted by Crippen LogP contribution is 2.39. The molecule has 14 heteroatoms. The summed E-state index contributed by atoms with van der Waals surface area (Å²) in [5.74, 6) is -3.33. The lowest BCUT2D eigenvalue weighted by molar-refractivity contribution is -0.245. The van der Waals surface area contributed by atoms with Crippen LogP contribution in [0.3, 0.4) is 0 Å². The number of nitrogens with one attached hydrogen (secondary N) is 1. The highest BCUT2D eigenvalue weighted by atomic mass is 32.2. The maximum atomic E-state index is 12.9. The second-order valence-electron chi connectivity index (χ2n) is 10.9. The zero-order valence-corrected chi connectivity index (χ0v) is 25.3. The Kier molecular flexibility index (Phi) is 10.6. The lowest BCUT2D eigenvalue weighted by Gasteiger charge is -2.36. The van der Waals surface area contributed by atoms with E-state index in [2.05, 4.69) is 10.3 Å². The van der Waals surface area contributed by atoms with Gasteiger partial charge in [0, 0.05) is 37.0 Å². The molecule has 3 aromatic rings. The summed E-state index contributed by atoms with van der Waals surface area (Å²) in [4.78, 5) is 40.9. The Labute approximate surface area is 266 Å². The van der Waals surface area contributed by atoms with Gasteiger partial charge >= 0.3 is 18.1 Å². The van der Waals surface area contributed by atoms with Crippen LogP contribution in [0.1, 0.15) is 64.3 Å². The van der Waals surface area contributed by atoms with Crippen LogP contribution in [0.25, 0.3) is 0 Å². The molecule has 0 bridgehead atoms. The first-order valence-corrected chi connectivity index (χ1v) is 15.6. The number of aliphatic hydroxyl groups excluding tert-OH is 1. The first kappa shape index (κ1) is 33.4. The quantitative estimate of drug-likeness (QED) is 0.263. The molecule has 244 valence electrons. The number of aliphatic hydroxyl groups is 1. The monoisotopic (exact) mass is 659 g/mol. The minimum absolute atomic E-state index is 0.0468. The van der Waals surface area contributed by atoms with Crippen molar-refractivity contribution in [3.05, 3.63) is 94.7 Å². The van der Waals surface area contributed by atoms with Crippen LogP contribution in [0.4, 0.5) is 13.2 Å². The Morgan fingerprint density at radius 3 is 2.37 bits per heavy atom. The molecule has 2 amide bonds. The van der Waals surface area contributed by atoms with Gasteiger partial charge < -0.3 is 29.9 Å². The maximum absolute atomic E-state index is 12.9. The summed E-state index contributed by atoms with van der Waals surface area (Å²) in [5, 5.41) is 22.0. The molecule has 0 saturated carbocycles. The summed E-state index contributed by atoms with van der Waals surface area (Å²) in [5.41, 5.74) is 3.10. The minimum Gasteiger partial charge on any atom is -0.478 e. The third-order valence-electron chi connectivity index (χ3n) is 7.80. The highest BCUT2D eigenvalue weighted by molar-refractivity contribution is 7.99. The lowest BCUT2D eigenvalue weighted by Crippen LogP contribution is -2.50. The molecule has 1 aromatic heterocycles. The molecule has 2 aliphatic rings. The molecular formula is C32H32F3N3O7S. The summed E-state index contributed by atoms with van der Waals surface area (Å²) in [6.07, 6.45) is -4.06. The van der Waals surface area contributed by atoms with E-state index in [-0.39, 0.29) is 43.9 Å². The zero-order chi connectivity index (χ0) is 32.8. The summed E-state index contributed by atoms with van der Waals surface area (Å²) in [6, 6.07) is 16.3. The van der Waals surface area contributed by atoms with Gasteiger partial charge in [0.1, 0.15) is 11.1 Å². The number of nitrogens with zero attached hydrogens (tertiary/aromatic N) is 2. The average molecular weight is 660 g/mol. The zero-order valence-electron chi connectivity index (χ0n) is 24.5. The van der Waals surface area contributed by atoms with Crippen molar-refractivity contribution in [1.82, 2.24) is 15.2 Å². The number of rotatable bonds is 10. The summed E-state index contributed by atoms with van der Waals surface area (Å²) in [6.45, 7) is -0.170. The molecule has 0 unspecified atom stereocenters. The van der Waals surface area contributed by atoms with Crippen molar-refractivity contribution in [2.75, 3.05) is 12.3 Å². The molecule has 4 atom stereocenters. The number of pyridine rings is 1. The smallest absolute Gasteiger partial charge is 0.471 e. The largest absolute Gasteiger partial charge is 0.478 e. The number of thioether (sulfide) groups is 1. The Morgan fingerprint density at radius 2 is 1.70 bits per heavy atom. The first-order chi connectivity index (χ1) is 22.0. The topological polar surface area (TPSA) is 138 Å². The van der Waals surface area contributed by atoms with Gasteiger partial charge in [-0.15, -0.1) is 11.8 Å². The van der Waals surface area contributed by atoms with E-state index < -0.39 is 36.3 Å². The summed E-state index contributed by atoms with van der Waals surface area (Å²) in [7, 11) is 0. The Morgan fingerprint density at radius 1 is 1.00 bits per heavy atom. The number of benzene rings is 2. The number of carboxylic acids is 1. The predicted octanol–water partition coefficient (Wildman–Crippen LogP) is 4.78. The van der Waals surface area contributed by atoms with Gasteiger partial charge in [0.25, 0.3) is 0 Å². The molecule has 2 saturated heterocycles. The van der Waals surface area contributed by atoms with Crippen LogP contribution in [0.15, 0.2) is 71.9 Å². The van der Waals surface area contributed by atoms with E-state index in [1.807, 2.05) is 24.3 Å². The normalized spacial score (nSPS) is 21.6. The standard InChI is InChI=1S/C32H32F3N3O7S/c33-32(34,35)31(43)38-14-2-4-25(38)27(40)37-16-19-5-11-22(12-6-19)30-44-23(18-46-28-24(29(41)42)3-1-13-36-28)15-26(45-30)21-9-7-20(17-39)8-10-21/h1,3,5-13,23,25-26,30,39H,2,4,14-18H2,(H,37,40)(H,41,42)/t23-,25+,26+,30+/m1/s1. The molecule has 3 heterocycles. The fourth-order valence-corrected chi connectivity index (χ4v) is 6.41. The van der Waals surface area contributed by atoms with E-state index in [1.54, 1.807) is 30.3 Å². The number of halogens is 3. The van der Waals surface area contributed by atoms with Gasteiger partial charge in [-0.05, 0) is 41.7 Å². The molecule has 2 aliphatic heterocycles. The van der Waals surface area contributed by atoms with Crippen LogP contribution >= 0.6 is 11.8 Å². The number of carbonyl (C=O) groups excluding carboxylic acids is 2. The van der Waals surface area contributed by atoms with Crippen LogP contribution in [0, 0.1) is 0 Å². The van der Waals surface area contributed by atoms with Crippen LogP contribution in [-0.2, 0) is 32.2 Å². The van der Waals surface area contributed by atoms with Gasteiger partial charge in [0.2, 0.25) is 5.91 Å². The van der Waals surface area contributed by atoms with Gasteiger partial charge in [0.15, 0.2) is 6.29 Å². The SMILES string of the molecule is O=C(O)c1cccnc1SC[C@H]1C[C@@H](c2ccc(CO)cc2)O[C@@H](c2ccc(CNC(=O)[C@@H]3CCCN3C(=O)C(F)(F)F)cc2)O1. The van der Waals surface area contributed by atoms with E-state index in [1.165, 1.54) is 24.0 Å². The highest BCUT2D eigenvalue weighted by Gasteiger charge is 2.47. The molecule has 0 radical (unpaired) electrons. The number of hydrogen-bond acceptors (Lipinski definition) is 8. The van der Waals surface area contributed by atoms with Crippen molar-refractivity contribution < 1.29 is 47.2 Å². The van der Waals surface area contributed by atoms with E-state index in [0.29, 0.717) is 39.6 Å². The number of hydrogen-bond donors (Lipinski definition) is 3. The fourth-order valence-electron chi connectivity index (χ4n) is 5.41. The molecular weight excluding hydrogens is 627 g/mol. The van der Waals surface area contributed by atoms with Crippen molar-refractivity contribution in [3.8, 4) is 0 Å². The van der Waals surface area contributed by atoms with Crippen molar-refractivity contribution in [1.29, 1.82) is 0 Å². The molecule has 10 nitrogen and oxygen atoms in total. The van der Waals surface area contributed by atoms with Crippen LogP contribution in [-0.4, -0.2) is 68.5 Å². The van der Waals surface area contributed by atoms with Gasteiger partial charge in [-0.2, -0.15) is 13.2 Å². The number of aromatic nitrogens is 1. The second-order valence-corrected chi connectivity index (χ2v) is 11.9. The molecule has 0 spiro atoms. The van der Waals surface area contributed by atoms with Gasteiger partial charge in [-0.1, -0.05) is 48.5 Å². The fraction of sp³-hybridized carbons (Fsp3) is 0.375. The summed E-state index contributed by atoms with van der Waals surface area (Å²) < 4.78 is 51.5. The summed E-state index contributed by atoms with van der Waals surface area (Å²) >= 11 is 1.27. The number of likely N-dealkylation sites (tertiary alicyclic amines) is 1.